The fourth-order valence-electron chi connectivity index (χ4n) is 1.71. The largest absolute Gasteiger partial charge is 0.496 e. The van der Waals surface area contributed by atoms with Crippen LogP contribution in [-0.2, 0) is 6.42 Å². The second-order valence-electron chi connectivity index (χ2n) is 3.80. The molecule has 0 aromatic heterocycles. The van der Waals surface area contributed by atoms with E-state index in [0.717, 1.165) is 17.7 Å². The van der Waals surface area contributed by atoms with Crippen molar-refractivity contribution < 1.29 is 9.47 Å². The van der Waals surface area contributed by atoms with Gasteiger partial charge in [0.1, 0.15) is 11.5 Å². The quantitative estimate of drug-likeness (QED) is 0.763. The van der Waals surface area contributed by atoms with Crippen LogP contribution in [0.5, 0.6) is 11.5 Å². The van der Waals surface area contributed by atoms with Gasteiger partial charge in [-0.3, -0.25) is 0 Å². The molecule has 1 rings (SSSR count). The Labute approximate surface area is 108 Å². The first-order chi connectivity index (χ1) is 8.12. The molecule has 0 radical (unpaired) electrons. The zero-order valence-corrected chi connectivity index (χ0v) is 11.4. The van der Waals surface area contributed by atoms with E-state index in [1.165, 1.54) is 0 Å². The minimum atomic E-state index is 0.276. The third kappa shape index (κ3) is 3.57. The SMILES string of the molecule is CC#CC(C)Cc1cc(Cl)c(OC)cc1OC. The van der Waals surface area contributed by atoms with E-state index in [9.17, 15) is 0 Å². The highest BCUT2D eigenvalue weighted by Gasteiger charge is 2.11. The summed E-state index contributed by atoms with van der Waals surface area (Å²) in [4.78, 5) is 0. The molecule has 0 N–H and O–H groups in total. The highest BCUT2D eigenvalue weighted by Crippen LogP contribution is 2.33. The summed E-state index contributed by atoms with van der Waals surface area (Å²) >= 11 is 6.10. The van der Waals surface area contributed by atoms with Gasteiger partial charge in [-0.1, -0.05) is 18.5 Å². The molecule has 0 heterocycles. The lowest BCUT2D eigenvalue weighted by Crippen LogP contribution is -2.00. The predicted molar refractivity (Wildman–Crippen MR) is 70.9 cm³/mol. The third-order valence-electron chi connectivity index (χ3n) is 2.47. The standard InChI is InChI=1S/C14H17ClO2/c1-5-6-10(2)7-11-8-12(15)14(17-4)9-13(11)16-3/h8-10H,7H2,1-4H3. The smallest absolute Gasteiger partial charge is 0.141 e. The van der Waals surface area contributed by atoms with Gasteiger partial charge in [0.2, 0.25) is 0 Å². The zero-order valence-electron chi connectivity index (χ0n) is 10.6. The van der Waals surface area contributed by atoms with Crippen LogP contribution in [-0.4, -0.2) is 14.2 Å². The number of benzene rings is 1. The second-order valence-corrected chi connectivity index (χ2v) is 4.21. The molecule has 0 saturated heterocycles. The number of methoxy groups -OCH3 is 2. The molecule has 0 aliphatic heterocycles. The Morgan fingerprint density at radius 2 is 1.88 bits per heavy atom. The summed E-state index contributed by atoms with van der Waals surface area (Å²) in [5, 5.41) is 0.597. The molecule has 0 bridgehead atoms. The Bertz CT molecular complexity index is 444. The van der Waals surface area contributed by atoms with E-state index in [-0.39, 0.29) is 5.92 Å². The van der Waals surface area contributed by atoms with Gasteiger partial charge in [-0.2, -0.15) is 0 Å². The Balaban J connectivity index is 3.04. The zero-order chi connectivity index (χ0) is 12.8. The van der Waals surface area contributed by atoms with Crippen LogP contribution < -0.4 is 9.47 Å². The second kappa shape index (κ2) is 6.42. The molecule has 92 valence electrons. The molecule has 1 atom stereocenters. The Hall–Kier alpha value is -1.33. The Kier molecular flexibility index (Phi) is 5.18. The summed E-state index contributed by atoms with van der Waals surface area (Å²) in [5.74, 6) is 7.72. The maximum absolute atomic E-state index is 6.10. The van der Waals surface area contributed by atoms with Gasteiger partial charge in [-0.05, 0) is 25.0 Å². The topological polar surface area (TPSA) is 18.5 Å². The summed E-state index contributed by atoms with van der Waals surface area (Å²) in [6.45, 7) is 3.92. The normalized spacial score (nSPS) is 11.4. The van der Waals surface area contributed by atoms with Crippen molar-refractivity contribution in [2.75, 3.05) is 14.2 Å². The summed E-state index contributed by atoms with van der Waals surface area (Å²) in [6, 6.07) is 3.69. The van der Waals surface area contributed by atoms with E-state index in [0.29, 0.717) is 10.8 Å². The van der Waals surface area contributed by atoms with Gasteiger partial charge < -0.3 is 9.47 Å². The van der Waals surface area contributed by atoms with Gasteiger partial charge in [0.05, 0.1) is 19.2 Å². The van der Waals surface area contributed by atoms with Crippen molar-refractivity contribution in [2.24, 2.45) is 5.92 Å². The number of hydrogen-bond acceptors (Lipinski definition) is 2. The molecular weight excluding hydrogens is 236 g/mol. The number of rotatable bonds is 4. The molecule has 0 saturated carbocycles. The number of ether oxygens (including phenoxy) is 2. The van der Waals surface area contributed by atoms with Crippen LogP contribution in [0.2, 0.25) is 5.02 Å². The van der Waals surface area contributed by atoms with Crippen molar-refractivity contribution in [2.45, 2.75) is 20.3 Å². The Morgan fingerprint density at radius 1 is 1.24 bits per heavy atom. The van der Waals surface area contributed by atoms with E-state index < -0.39 is 0 Å². The molecule has 0 aliphatic carbocycles. The van der Waals surface area contributed by atoms with Crippen molar-refractivity contribution in [3.05, 3.63) is 22.7 Å². The molecule has 2 nitrogen and oxygen atoms in total. The maximum atomic E-state index is 6.10. The van der Waals surface area contributed by atoms with Crippen LogP contribution in [0.4, 0.5) is 0 Å². The first-order valence-electron chi connectivity index (χ1n) is 5.45. The van der Waals surface area contributed by atoms with Gasteiger partial charge in [0.15, 0.2) is 0 Å². The first kappa shape index (κ1) is 13.7. The van der Waals surface area contributed by atoms with Crippen LogP contribution in [0, 0.1) is 17.8 Å². The van der Waals surface area contributed by atoms with Crippen molar-refractivity contribution >= 4 is 11.6 Å². The van der Waals surface area contributed by atoms with Crippen molar-refractivity contribution in [1.82, 2.24) is 0 Å². The van der Waals surface area contributed by atoms with Crippen LogP contribution in [0.1, 0.15) is 19.4 Å². The molecule has 0 spiro atoms. The summed E-state index contributed by atoms with van der Waals surface area (Å²) < 4.78 is 10.5. The van der Waals surface area contributed by atoms with Crippen molar-refractivity contribution in [3.63, 3.8) is 0 Å². The molecule has 1 aromatic carbocycles. The highest BCUT2D eigenvalue weighted by molar-refractivity contribution is 6.32. The van der Waals surface area contributed by atoms with Gasteiger partial charge in [0, 0.05) is 12.0 Å². The molecular formula is C14H17ClO2. The van der Waals surface area contributed by atoms with Crippen molar-refractivity contribution in [3.8, 4) is 23.3 Å². The van der Waals surface area contributed by atoms with Crippen LogP contribution >= 0.6 is 11.6 Å². The molecule has 3 heteroatoms. The van der Waals surface area contributed by atoms with E-state index in [1.54, 1.807) is 14.2 Å². The number of hydrogen-bond donors (Lipinski definition) is 0. The fraction of sp³-hybridized carbons (Fsp3) is 0.429. The molecule has 0 fully saturated rings. The lowest BCUT2D eigenvalue weighted by atomic mass is 10.0. The van der Waals surface area contributed by atoms with Crippen LogP contribution in [0.3, 0.4) is 0 Å². The molecule has 1 aromatic rings. The van der Waals surface area contributed by atoms with E-state index in [1.807, 2.05) is 19.1 Å². The third-order valence-corrected chi connectivity index (χ3v) is 2.77. The highest BCUT2D eigenvalue weighted by atomic mass is 35.5. The Morgan fingerprint density at radius 3 is 2.41 bits per heavy atom. The van der Waals surface area contributed by atoms with Crippen molar-refractivity contribution in [1.29, 1.82) is 0 Å². The van der Waals surface area contributed by atoms with E-state index >= 15 is 0 Å². The monoisotopic (exact) mass is 252 g/mol. The number of halogens is 1. The van der Waals surface area contributed by atoms with Gasteiger partial charge in [-0.25, -0.2) is 0 Å². The van der Waals surface area contributed by atoms with E-state index in [4.69, 9.17) is 21.1 Å². The molecule has 1 unspecified atom stereocenters. The van der Waals surface area contributed by atoms with Gasteiger partial charge in [-0.15, -0.1) is 11.8 Å². The minimum absolute atomic E-state index is 0.276. The van der Waals surface area contributed by atoms with Crippen LogP contribution in [0.15, 0.2) is 12.1 Å². The van der Waals surface area contributed by atoms with Crippen LogP contribution in [0.25, 0.3) is 0 Å². The predicted octanol–water partition coefficient (Wildman–Crippen LogP) is 3.56. The summed E-state index contributed by atoms with van der Waals surface area (Å²) in [7, 11) is 3.23. The first-order valence-corrected chi connectivity index (χ1v) is 5.82. The molecule has 17 heavy (non-hydrogen) atoms. The maximum Gasteiger partial charge on any atom is 0.141 e. The summed E-state index contributed by atoms with van der Waals surface area (Å²) in [5.41, 5.74) is 1.05. The average molecular weight is 253 g/mol. The van der Waals surface area contributed by atoms with Gasteiger partial charge in [0.25, 0.3) is 0 Å². The fourth-order valence-corrected chi connectivity index (χ4v) is 1.97. The van der Waals surface area contributed by atoms with E-state index in [2.05, 4.69) is 18.8 Å². The van der Waals surface area contributed by atoms with Gasteiger partial charge >= 0.3 is 0 Å². The molecule has 0 amide bonds. The minimum Gasteiger partial charge on any atom is -0.496 e. The summed E-state index contributed by atoms with van der Waals surface area (Å²) in [6.07, 6.45) is 0.813. The average Bonchev–Trinajstić information content (AvgIpc) is 2.29. The lowest BCUT2D eigenvalue weighted by molar-refractivity contribution is 0.390. The lowest BCUT2D eigenvalue weighted by Gasteiger charge is -2.13. The molecule has 0 aliphatic rings.